The van der Waals surface area contributed by atoms with Gasteiger partial charge in [-0.2, -0.15) is 0 Å². The van der Waals surface area contributed by atoms with Gasteiger partial charge in [0.05, 0.1) is 0 Å². The van der Waals surface area contributed by atoms with Crippen molar-refractivity contribution in [3.8, 4) is 0 Å². The third-order valence-corrected chi connectivity index (χ3v) is 4.04. The topological polar surface area (TPSA) is 0 Å². The van der Waals surface area contributed by atoms with Crippen LogP contribution in [-0.2, 0) is 0 Å². The molecule has 4 rings (SSSR count). The molecule has 0 nitrogen and oxygen atoms in total. The summed E-state index contributed by atoms with van der Waals surface area (Å²) >= 11 is 0. The average Bonchev–Trinajstić information content (AvgIpc) is 2.08. The predicted molar refractivity (Wildman–Crippen MR) is 25.6 cm³/mol. The molecule has 0 N–H and O–H groups in total. The van der Waals surface area contributed by atoms with Gasteiger partial charge in [0.25, 0.3) is 0 Å². The molecule has 36 valence electrons. The van der Waals surface area contributed by atoms with E-state index in [1.165, 1.54) is 23.7 Å². The maximum atomic E-state index is 1.65. The van der Waals surface area contributed by atoms with Gasteiger partial charge in [-0.25, -0.2) is 0 Å². The van der Waals surface area contributed by atoms with Gasteiger partial charge in [-0.05, 0) is 41.9 Å². The Morgan fingerprint density at radius 3 is 2.57 bits per heavy atom. The zero-order chi connectivity index (χ0) is 4.22. The Hall–Kier alpha value is 0. The summed E-state index contributed by atoms with van der Waals surface area (Å²) in [6.07, 6.45) is 3.29. The molecule has 0 aliphatic heterocycles. The summed E-state index contributed by atoms with van der Waals surface area (Å²) in [6.45, 7) is 0. The van der Waals surface area contributed by atoms with Crippen LogP contribution in [0, 0.1) is 29.1 Å². The summed E-state index contributed by atoms with van der Waals surface area (Å²) < 4.78 is 0. The van der Waals surface area contributed by atoms with E-state index in [9.17, 15) is 0 Å². The third kappa shape index (κ3) is 0.0882. The molecule has 5 atom stereocenters. The smallest absolute Gasteiger partial charge is 0.0198 e. The van der Waals surface area contributed by atoms with Crippen LogP contribution in [0.4, 0.5) is 0 Å². The van der Waals surface area contributed by atoms with E-state index in [4.69, 9.17) is 0 Å². The molecule has 0 aromatic heterocycles. The van der Waals surface area contributed by atoms with E-state index in [0.717, 1.165) is 5.41 Å². The zero-order valence-electron chi connectivity index (χ0n) is 4.22. The molecule has 1 spiro atoms. The fraction of sp³-hybridized carbons (Fsp3) is 1.00. The van der Waals surface area contributed by atoms with Crippen molar-refractivity contribution >= 4 is 0 Å². The highest BCUT2D eigenvalue weighted by Crippen LogP contribution is 3.01. The minimum absolute atomic E-state index is 1.09. The summed E-state index contributed by atoms with van der Waals surface area (Å²) in [4.78, 5) is 0. The minimum atomic E-state index is 1.09. The van der Waals surface area contributed by atoms with Gasteiger partial charge in [0.1, 0.15) is 0 Å². The zero-order valence-corrected chi connectivity index (χ0v) is 4.22. The number of rotatable bonds is 0. The number of hydrogen-bond donors (Lipinski definition) is 0. The van der Waals surface area contributed by atoms with Crippen LogP contribution in [-0.4, -0.2) is 0 Å². The average molecular weight is 92.1 g/mol. The molecule has 0 saturated heterocycles. The van der Waals surface area contributed by atoms with Gasteiger partial charge in [0, 0.05) is 0 Å². The maximum absolute atomic E-state index is 1.65. The lowest BCUT2D eigenvalue weighted by Crippen LogP contribution is -2.15. The fourth-order valence-electron chi connectivity index (χ4n) is 3.48. The van der Waals surface area contributed by atoms with Crippen molar-refractivity contribution in [3.05, 3.63) is 0 Å². The highest BCUT2D eigenvalue weighted by molar-refractivity contribution is 5.43. The number of fused-ring (bicyclic) bond motifs is 3. The molecule has 0 amide bonds. The number of hydrogen-bond acceptors (Lipinski definition) is 0. The standard InChI is InChI=1S/C7H8/c1-3-4(1)7-2-5(7)6(3)7/h3-6H,1-2H2. The van der Waals surface area contributed by atoms with Crippen LogP contribution in [0.5, 0.6) is 0 Å². The molecule has 0 heterocycles. The van der Waals surface area contributed by atoms with Gasteiger partial charge in [0.2, 0.25) is 0 Å². The van der Waals surface area contributed by atoms with E-state index in [0.29, 0.717) is 0 Å². The first-order chi connectivity index (χ1) is 3.44. The second-order valence-corrected chi connectivity index (χ2v) is 3.95. The molecule has 4 aliphatic rings. The highest BCUT2D eigenvalue weighted by atomic mass is 15.0. The summed E-state index contributed by atoms with van der Waals surface area (Å²) in [6, 6.07) is 0. The van der Waals surface area contributed by atoms with Crippen LogP contribution in [0.1, 0.15) is 12.8 Å². The Morgan fingerprint density at radius 1 is 1.29 bits per heavy atom. The first-order valence-electron chi connectivity index (χ1n) is 3.44. The maximum Gasteiger partial charge on any atom is -0.0198 e. The second-order valence-electron chi connectivity index (χ2n) is 3.95. The van der Waals surface area contributed by atoms with Gasteiger partial charge < -0.3 is 0 Å². The molecular formula is C7H8. The molecule has 0 aromatic carbocycles. The van der Waals surface area contributed by atoms with Crippen LogP contribution < -0.4 is 0 Å². The normalized spacial score (nSPS) is 96.0. The molecule has 0 bridgehead atoms. The lowest BCUT2D eigenvalue weighted by atomic mass is 9.85. The Morgan fingerprint density at radius 2 is 2.29 bits per heavy atom. The van der Waals surface area contributed by atoms with Gasteiger partial charge in [0.15, 0.2) is 0 Å². The van der Waals surface area contributed by atoms with Crippen molar-refractivity contribution in [2.24, 2.45) is 29.1 Å². The Kier molecular flexibility index (Phi) is 0.135. The van der Waals surface area contributed by atoms with Crippen LogP contribution in [0.2, 0.25) is 0 Å². The van der Waals surface area contributed by atoms with Crippen molar-refractivity contribution in [3.63, 3.8) is 0 Å². The van der Waals surface area contributed by atoms with E-state index >= 15 is 0 Å². The van der Waals surface area contributed by atoms with Crippen molar-refractivity contribution in [1.29, 1.82) is 0 Å². The molecule has 4 fully saturated rings. The van der Waals surface area contributed by atoms with Gasteiger partial charge in [-0.1, -0.05) is 0 Å². The van der Waals surface area contributed by atoms with Gasteiger partial charge in [-0.15, -0.1) is 0 Å². The lowest BCUT2D eigenvalue weighted by molar-refractivity contribution is 0.282. The van der Waals surface area contributed by atoms with Crippen LogP contribution in [0.3, 0.4) is 0 Å². The summed E-state index contributed by atoms with van der Waals surface area (Å²) in [5.41, 5.74) is 1.09. The molecular weight excluding hydrogens is 84.1 g/mol. The van der Waals surface area contributed by atoms with E-state index in [2.05, 4.69) is 0 Å². The molecule has 0 radical (unpaired) electrons. The minimum Gasteiger partial charge on any atom is -0.0462 e. The van der Waals surface area contributed by atoms with Gasteiger partial charge in [-0.3, -0.25) is 0 Å². The molecule has 5 unspecified atom stereocenters. The summed E-state index contributed by atoms with van der Waals surface area (Å²) in [7, 11) is 0. The van der Waals surface area contributed by atoms with Crippen molar-refractivity contribution in [2.75, 3.05) is 0 Å². The van der Waals surface area contributed by atoms with Crippen molar-refractivity contribution in [2.45, 2.75) is 12.8 Å². The summed E-state index contributed by atoms with van der Waals surface area (Å²) in [5.74, 6) is 5.20. The van der Waals surface area contributed by atoms with E-state index in [-0.39, 0.29) is 0 Å². The molecule has 4 aliphatic carbocycles. The first kappa shape index (κ1) is 2.52. The molecule has 4 saturated carbocycles. The Balaban J connectivity index is 2.09. The largest absolute Gasteiger partial charge is 0.0462 e. The SMILES string of the molecule is C1C2C1C13CC1C23. The van der Waals surface area contributed by atoms with E-state index in [1.54, 1.807) is 12.8 Å². The van der Waals surface area contributed by atoms with Crippen molar-refractivity contribution < 1.29 is 0 Å². The fourth-order valence-corrected chi connectivity index (χ4v) is 3.48. The Labute approximate surface area is 42.9 Å². The van der Waals surface area contributed by atoms with Crippen molar-refractivity contribution in [1.82, 2.24) is 0 Å². The predicted octanol–water partition coefficient (Wildman–Crippen LogP) is 1.27. The van der Waals surface area contributed by atoms with Crippen LogP contribution in [0.15, 0.2) is 0 Å². The summed E-state index contributed by atoms with van der Waals surface area (Å²) in [5, 5.41) is 0. The quantitative estimate of drug-likeness (QED) is 0.422. The van der Waals surface area contributed by atoms with E-state index < -0.39 is 0 Å². The van der Waals surface area contributed by atoms with E-state index in [1.807, 2.05) is 0 Å². The van der Waals surface area contributed by atoms with Gasteiger partial charge >= 0.3 is 0 Å². The first-order valence-corrected chi connectivity index (χ1v) is 3.44. The molecule has 0 heteroatoms. The Bertz CT molecular complexity index is 159. The monoisotopic (exact) mass is 92.1 g/mol. The third-order valence-electron chi connectivity index (χ3n) is 4.04. The lowest BCUT2D eigenvalue weighted by Gasteiger charge is -2.19. The highest BCUT2D eigenvalue weighted by Gasteiger charge is 2.96. The molecule has 7 heavy (non-hydrogen) atoms. The molecule has 0 aromatic rings. The second kappa shape index (κ2) is 0.375. The van der Waals surface area contributed by atoms with Crippen LogP contribution >= 0.6 is 0 Å². The van der Waals surface area contributed by atoms with Crippen LogP contribution in [0.25, 0.3) is 0 Å².